The maximum atomic E-state index is 13.0. The van der Waals surface area contributed by atoms with E-state index in [4.69, 9.17) is 4.74 Å². The fraction of sp³-hybridized carbons (Fsp3) is 0.571. The lowest BCUT2D eigenvalue weighted by atomic mass is 9.83. The van der Waals surface area contributed by atoms with Gasteiger partial charge in [0.05, 0.1) is 23.7 Å². The third-order valence-corrected chi connectivity index (χ3v) is 3.94. The molecule has 0 spiro atoms. The number of hydrogen-bond acceptors (Lipinski definition) is 3. The molecule has 0 saturated carbocycles. The van der Waals surface area contributed by atoms with Crippen molar-refractivity contribution in [2.24, 2.45) is 11.8 Å². The van der Waals surface area contributed by atoms with Crippen LogP contribution in [0.4, 0.5) is 13.2 Å². The minimum atomic E-state index is -4.56. The highest BCUT2D eigenvalue weighted by molar-refractivity contribution is 5.99. The number of alkyl halides is 3. The van der Waals surface area contributed by atoms with Gasteiger partial charge in [0.15, 0.2) is 5.78 Å². The van der Waals surface area contributed by atoms with Gasteiger partial charge < -0.3 is 4.74 Å². The Kier molecular flexibility index (Phi) is 3.86. The molecule has 0 amide bonds. The fourth-order valence-corrected chi connectivity index (χ4v) is 2.74. The van der Waals surface area contributed by atoms with Gasteiger partial charge in [-0.3, -0.25) is 9.78 Å². The molecule has 0 bridgehead atoms. The predicted molar refractivity (Wildman–Crippen MR) is 66.2 cm³/mol. The molecule has 1 saturated heterocycles. The Morgan fingerprint density at radius 3 is 2.40 bits per heavy atom. The number of halogens is 3. The summed E-state index contributed by atoms with van der Waals surface area (Å²) >= 11 is 0. The maximum Gasteiger partial charge on any atom is 0.417 e. The largest absolute Gasteiger partial charge is 0.417 e. The van der Waals surface area contributed by atoms with Gasteiger partial charge in [0.1, 0.15) is 0 Å². The van der Waals surface area contributed by atoms with E-state index in [0.29, 0.717) is 0 Å². The predicted octanol–water partition coefficient (Wildman–Crippen LogP) is 3.34. The second-order valence-corrected chi connectivity index (χ2v) is 5.21. The molecule has 1 aliphatic heterocycles. The van der Waals surface area contributed by atoms with Crippen molar-refractivity contribution in [1.29, 1.82) is 0 Å². The summed E-state index contributed by atoms with van der Waals surface area (Å²) in [6.45, 7) is 5.36. The van der Waals surface area contributed by atoms with E-state index >= 15 is 0 Å². The number of aromatic nitrogens is 1. The highest BCUT2D eigenvalue weighted by Crippen LogP contribution is 2.38. The SMILES string of the molecule is CC1OC(C)C(C(=O)c2cnccc2C(F)(F)F)C1C. The van der Waals surface area contributed by atoms with Gasteiger partial charge >= 0.3 is 6.18 Å². The van der Waals surface area contributed by atoms with Crippen LogP contribution in [-0.2, 0) is 10.9 Å². The first-order valence-electron chi connectivity index (χ1n) is 6.44. The number of carbonyl (C=O) groups is 1. The smallest absolute Gasteiger partial charge is 0.374 e. The summed E-state index contributed by atoms with van der Waals surface area (Å²) in [6.07, 6.45) is -3.07. The van der Waals surface area contributed by atoms with E-state index in [1.807, 2.05) is 13.8 Å². The zero-order valence-electron chi connectivity index (χ0n) is 11.4. The van der Waals surface area contributed by atoms with Crippen LogP contribution in [0, 0.1) is 11.8 Å². The lowest BCUT2D eigenvalue weighted by molar-refractivity contribution is -0.138. The molecule has 3 nitrogen and oxygen atoms in total. The lowest BCUT2D eigenvalue weighted by Crippen LogP contribution is -2.29. The average molecular weight is 287 g/mol. The number of Topliss-reactive ketones (excluding diaryl/α,β-unsaturated/α-hetero) is 1. The topological polar surface area (TPSA) is 39.2 Å². The monoisotopic (exact) mass is 287 g/mol. The third-order valence-electron chi connectivity index (χ3n) is 3.94. The van der Waals surface area contributed by atoms with Crippen molar-refractivity contribution >= 4 is 5.78 Å². The highest BCUT2D eigenvalue weighted by atomic mass is 19.4. The molecule has 20 heavy (non-hydrogen) atoms. The summed E-state index contributed by atoms with van der Waals surface area (Å²) in [7, 11) is 0. The van der Waals surface area contributed by atoms with E-state index < -0.39 is 29.5 Å². The van der Waals surface area contributed by atoms with Crippen LogP contribution in [0.3, 0.4) is 0 Å². The molecule has 2 heterocycles. The molecule has 4 atom stereocenters. The highest BCUT2D eigenvalue weighted by Gasteiger charge is 2.44. The molecule has 0 radical (unpaired) electrons. The van der Waals surface area contributed by atoms with Crippen molar-refractivity contribution in [3.05, 3.63) is 29.6 Å². The first-order chi connectivity index (χ1) is 9.23. The molecule has 6 heteroatoms. The van der Waals surface area contributed by atoms with Gasteiger partial charge in [0, 0.05) is 18.0 Å². The summed E-state index contributed by atoms with van der Waals surface area (Å²) in [6, 6.07) is 0.835. The van der Waals surface area contributed by atoms with Gasteiger partial charge in [0.2, 0.25) is 0 Å². The van der Waals surface area contributed by atoms with Crippen molar-refractivity contribution in [3.63, 3.8) is 0 Å². The Labute approximate surface area is 115 Å². The molecule has 0 aromatic carbocycles. The molecule has 0 aliphatic carbocycles. The van der Waals surface area contributed by atoms with Crippen LogP contribution in [-0.4, -0.2) is 23.0 Å². The zero-order chi connectivity index (χ0) is 15.1. The van der Waals surface area contributed by atoms with Crippen molar-refractivity contribution in [2.75, 3.05) is 0 Å². The van der Waals surface area contributed by atoms with E-state index in [1.54, 1.807) is 6.92 Å². The summed E-state index contributed by atoms with van der Waals surface area (Å²) in [5.74, 6) is -1.25. The van der Waals surface area contributed by atoms with Crippen molar-refractivity contribution in [3.8, 4) is 0 Å². The summed E-state index contributed by atoms with van der Waals surface area (Å²) < 4.78 is 44.4. The van der Waals surface area contributed by atoms with E-state index in [2.05, 4.69) is 4.98 Å². The first kappa shape index (κ1) is 15.0. The van der Waals surface area contributed by atoms with E-state index in [9.17, 15) is 18.0 Å². The quantitative estimate of drug-likeness (QED) is 0.783. The second-order valence-electron chi connectivity index (χ2n) is 5.21. The molecule has 1 aromatic heterocycles. The Hall–Kier alpha value is -1.43. The molecule has 4 unspecified atom stereocenters. The van der Waals surface area contributed by atoms with Gasteiger partial charge in [-0.1, -0.05) is 6.92 Å². The number of ether oxygens (including phenoxy) is 1. The number of nitrogens with zero attached hydrogens (tertiary/aromatic N) is 1. The molecular formula is C14H16F3NO2. The van der Waals surface area contributed by atoms with Crippen LogP contribution in [0.2, 0.25) is 0 Å². The van der Waals surface area contributed by atoms with Gasteiger partial charge in [0.25, 0.3) is 0 Å². The average Bonchev–Trinajstić information content (AvgIpc) is 2.61. The van der Waals surface area contributed by atoms with Crippen LogP contribution in [0.5, 0.6) is 0 Å². The fourth-order valence-electron chi connectivity index (χ4n) is 2.74. The molecule has 110 valence electrons. The van der Waals surface area contributed by atoms with Crippen LogP contribution >= 0.6 is 0 Å². The van der Waals surface area contributed by atoms with Crippen LogP contribution in [0.15, 0.2) is 18.5 Å². The normalized spacial score (nSPS) is 30.5. The molecule has 1 aliphatic rings. The van der Waals surface area contributed by atoms with Crippen LogP contribution in [0.1, 0.15) is 36.7 Å². The minimum absolute atomic E-state index is 0.126. The summed E-state index contributed by atoms with van der Waals surface area (Å²) in [5.41, 5.74) is -1.31. The molecule has 1 aromatic rings. The molecule has 1 fully saturated rings. The second kappa shape index (κ2) is 5.16. The molecule has 2 rings (SSSR count). The lowest BCUT2D eigenvalue weighted by Gasteiger charge is -2.19. The molecular weight excluding hydrogens is 271 g/mol. The number of rotatable bonds is 2. The number of hydrogen-bond donors (Lipinski definition) is 0. The number of pyridine rings is 1. The van der Waals surface area contributed by atoms with Crippen molar-refractivity contribution < 1.29 is 22.7 Å². The maximum absolute atomic E-state index is 13.0. The van der Waals surface area contributed by atoms with Gasteiger partial charge in [-0.05, 0) is 25.8 Å². The standard InChI is InChI=1S/C14H16F3NO2/c1-7-8(2)20-9(3)12(7)13(19)10-6-18-5-4-11(10)14(15,16)17/h4-9,12H,1-3H3. The van der Waals surface area contributed by atoms with E-state index in [0.717, 1.165) is 18.5 Å². The Balaban J connectivity index is 2.40. The molecule has 0 N–H and O–H groups in total. The van der Waals surface area contributed by atoms with Crippen LogP contribution < -0.4 is 0 Å². The summed E-state index contributed by atoms with van der Waals surface area (Å²) in [5, 5.41) is 0. The van der Waals surface area contributed by atoms with Gasteiger partial charge in [-0.25, -0.2) is 0 Å². The zero-order valence-corrected chi connectivity index (χ0v) is 11.4. The third kappa shape index (κ3) is 2.57. The number of ketones is 1. The summed E-state index contributed by atoms with van der Waals surface area (Å²) in [4.78, 5) is 16.1. The van der Waals surface area contributed by atoms with Gasteiger partial charge in [-0.2, -0.15) is 13.2 Å². The van der Waals surface area contributed by atoms with Crippen molar-refractivity contribution in [2.45, 2.75) is 39.2 Å². The Bertz CT molecular complexity index is 515. The van der Waals surface area contributed by atoms with E-state index in [1.165, 1.54) is 0 Å². The van der Waals surface area contributed by atoms with E-state index in [-0.39, 0.29) is 17.6 Å². The van der Waals surface area contributed by atoms with Crippen LogP contribution in [0.25, 0.3) is 0 Å². The minimum Gasteiger partial charge on any atom is -0.374 e. The van der Waals surface area contributed by atoms with Crippen molar-refractivity contribution in [1.82, 2.24) is 4.98 Å². The number of carbonyl (C=O) groups excluding carboxylic acids is 1. The van der Waals surface area contributed by atoms with Gasteiger partial charge in [-0.15, -0.1) is 0 Å². The Morgan fingerprint density at radius 1 is 1.25 bits per heavy atom. The first-order valence-corrected chi connectivity index (χ1v) is 6.44. The Morgan fingerprint density at radius 2 is 1.90 bits per heavy atom.